The molecule has 4 nitrogen and oxygen atoms in total. The molecule has 1 aliphatic rings. The lowest BCUT2D eigenvalue weighted by Gasteiger charge is -2.26. The molecule has 1 heterocycles. The topological polar surface area (TPSA) is 40.0 Å². The molecule has 6 heteroatoms. The number of nitrogens with one attached hydrogen (secondary N) is 1. The summed E-state index contributed by atoms with van der Waals surface area (Å²) in [7, 11) is 0. The van der Waals surface area contributed by atoms with E-state index in [1.807, 2.05) is 11.8 Å². The Balaban J connectivity index is 1.33. The number of rotatable bonds is 8. The normalized spacial score (nSPS) is 14.8. The summed E-state index contributed by atoms with van der Waals surface area (Å²) in [5.41, 5.74) is 8.97. The number of amidine groups is 1. The second-order valence-corrected chi connectivity index (χ2v) is 9.33. The Bertz CT molecular complexity index is 1070. The first-order valence-electron chi connectivity index (χ1n) is 11.2. The molecule has 0 aromatic heterocycles. The van der Waals surface area contributed by atoms with Gasteiger partial charge >= 0.3 is 0 Å². The molecule has 0 amide bonds. The van der Waals surface area contributed by atoms with Crippen LogP contribution in [-0.2, 0) is 19.5 Å². The largest absolute Gasteiger partial charge is 0.304 e. The SMILES string of the molecule is C=N/C(Cc1ccc(F)cc1)=N\NCc1ccc(-c2cccc(CN3CCSCC3)c2)cc1. The Morgan fingerprint density at radius 2 is 1.64 bits per heavy atom. The van der Waals surface area contributed by atoms with Crippen molar-refractivity contribution in [1.82, 2.24) is 10.3 Å². The molecule has 0 radical (unpaired) electrons. The first-order chi connectivity index (χ1) is 16.2. The number of halogens is 1. The molecular weight excluding hydrogens is 431 g/mol. The van der Waals surface area contributed by atoms with Gasteiger partial charge in [-0.3, -0.25) is 4.90 Å². The predicted octanol–water partition coefficient (Wildman–Crippen LogP) is 5.39. The fraction of sp³-hybridized carbons (Fsp3) is 0.259. The van der Waals surface area contributed by atoms with Gasteiger partial charge in [0, 0.05) is 37.6 Å². The molecule has 0 spiro atoms. The number of benzene rings is 3. The van der Waals surface area contributed by atoms with Crippen molar-refractivity contribution in [3.05, 3.63) is 95.3 Å². The van der Waals surface area contributed by atoms with E-state index in [0.717, 1.165) is 17.7 Å². The second kappa shape index (κ2) is 11.8. The minimum atomic E-state index is -0.252. The average Bonchev–Trinajstić information content (AvgIpc) is 2.86. The van der Waals surface area contributed by atoms with Crippen LogP contribution in [0.25, 0.3) is 11.1 Å². The smallest absolute Gasteiger partial charge is 0.151 e. The van der Waals surface area contributed by atoms with Gasteiger partial charge < -0.3 is 5.43 Å². The highest BCUT2D eigenvalue weighted by atomic mass is 32.2. The predicted molar refractivity (Wildman–Crippen MR) is 138 cm³/mol. The molecule has 0 aliphatic carbocycles. The zero-order valence-electron chi connectivity index (χ0n) is 18.7. The van der Waals surface area contributed by atoms with Crippen molar-refractivity contribution in [3.8, 4) is 11.1 Å². The number of hydrogen-bond donors (Lipinski definition) is 1. The highest BCUT2D eigenvalue weighted by Crippen LogP contribution is 2.22. The van der Waals surface area contributed by atoms with Gasteiger partial charge in [-0.15, -0.1) is 0 Å². The lowest BCUT2D eigenvalue weighted by Crippen LogP contribution is -2.31. The van der Waals surface area contributed by atoms with Crippen LogP contribution in [-0.4, -0.2) is 42.0 Å². The lowest BCUT2D eigenvalue weighted by molar-refractivity contribution is 0.294. The highest BCUT2D eigenvalue weighted by molar-refractivity contribution is 7.99. The fourth-order valence-electron chi connectivity index (χ4n) is 3.82. The molecule has 3 aromatic rings. The van der Waals surface area contributed by atoms with E-state index < -0.39 is 0 Å². The fourth-order valence-corrected chi connectivity index (χ4v) is 4.80. The van der Waals surface area contributed by atoms with Crippen LogP contribution in [0.5, 0.6) is 0 Å². The van der Waals surface area contributed by atoms with E-state index in [1.54, 1.807) is 12.1 Å². The van der Waals surface area contributed by atoms with Crippen LogP contribution in [0.1, 0.15) is 16.7 Å². The standard InChI is InChI=1S/C27H29FN4S/c1-29-27(18-21-7-11-26(28)12-8-21)31-30-19-22-5-9-24(10-6-22)25-4-2-3-23(17-25)20-32-13-15-33-16-14-32/h2-12,17,30H,1,13-16,18-20H2/b31-27-. The maximum atomic E-state index is 13.1. The van der Waals surface area contributed by atoms with E-state index in [9.17, 15) is 4.39 Å². The Kier molecular flexibility index (Phi) is 8.28. The van der Waals surface area contributed by atoms with Gasteiger partial charge in [0.05, 0.1) is 6.54 Å². The molecule has 0 unspecified atom stereocenters. The molecular formula is C27H29FN4S. The Labute approximate surface area is 199 Å². The van der Waals surface area contributed by atoms with E-state index in [-0.39, 0.29) is 5.82 Å². The van der Waals surface area contributed by atoms with Crippen LogP contribution < -0.4 is 5.43 Å². The average molecular weight is 461 g/mol. The molecule has 1 aliphatic heterocycles. The number of aliphatic imine (C=N–C) groups is 1. The maximum Gasteiger partial charge on any atom is 0.151 e. The van der Waals surface area contributed by atoms with Gasteiger partial charge in [0.15, 0.2) is 5.84 Å². The lowest BCUT2D eigenvalue weighted by atomic mass is 10.0. The summed E-state index contributed by atoms with van der Waals surface area (Å²) in [4.78, 5) is 6.51. The van der Waals surface area contributed by atoms with Crippen molar-refractivity contribution in [2.24, 2.45) is 10.1 Å². The van der Waals surface area contributed by atoms with Crippen LogP contribution in [0.2, 0.25) is 0 Å². The first-order valence-corrected chi connectivity index (χ1v) is 12.3. The third kappa shape index (κ3) is 7.01. The molecule has 3 aromatic carbocycles. The summed E-state index contributed by atoms with van der Waals surface area (Å²) >= 11 is 2.04. The molecule has 0 bridgehead atoms. The molecule has 33 heavy (non-hydrogen) atoms. The summed E-state index contributed by atoms with van der Waals surface area (Å²) in [5.74, 6) is 2.78. The molecule has 1 saturated heterocycles. The second-order valence-electron chi connectivity index (χ2n) is 8.11. The zero-order chi connectivity index (χ0) is 22.9. The molecule has 0 atom stereocenters. The number of nitrogens with zero attached hydrogens (tertiary/aromatic N) is 3. The van der Waals surface area contributed by atoms with Crippen LogP contribution in [0.4, 0.5) is 4.39 Å². The molecule has 1 N–H and O–H groups in total. The zero-order valence-corrected chi connectivity index (χ0v) is 19.5. The Hall–Kier alpha value is -2.96. The van der Waals surface area contributed by atoms with E-state index in [4.69, 9.17) is 0 Å². The minimum Gasteiger partial charge on any atom is -0.304 e. The van der Waals surface area contributed by atoms with Gasteiger partial charge in [-0.1, -0.05) is 54.6 Å². The summed E-state index contributed by atoms with van der Waals surface area (Å²) in [6.07, 6.45) is 0.502. The van der Waals surface area contributed by atoms with Gasteiger partial charge in [0.2, 0.25) is 0 Å². The quantitative estimate of drug-likeness (QED) is 0.278. The van der Waals surface area contributed by atoms with Crippen LogP contribution >= 0.6 is 11.8 Å². The van der Waals surface area contributed by atoms with Gasteiger partial charge in [0.25, 0.3) is 0 Å². The first kappa shape index (κ1) is 23.2. The molecule has 4 rings (SSSR count). The number of thioether (sulfide) groups is 1. The van der Waals surface area contributed by atoms with Gasteiger partial charge in [-0.2, -0.15) is 16.9 Å². The van der Waals surface area contributed by atoms with Gasteiger partial charge in [-0.25, -0.2) is 9.38 Å². The minimum absolute atomic E-state index is 0.252. The summed E-state index contributed by atoms with van der Waals surface area (Å²) in [6.45, 7) is 7.55. The molecule has 170 valence electrons. The Morgan fingerprint density at radius 1 is 0.909 bits per heavy atom. The van der Waals surface area contributed by atoms with Crippen LogP contribution in [0, 0.1) is 5.82 Å². The highest BCUT2D eigenvalue weighted by Gasteiger charge is 2.11. The number of hydrogen-bond acceptors (Lipinski definition) is 4. The Morgan fingerprint density at radius 3 is 2.36 bits per heavy atom. The summed E-state index contributed by atoms with van der Waals surface area (Å²) < 4.78 is 13.1. The van der Waals surface area contributed by atoms with Crippen molar-refractivity contribution in [3.63, 3.8) is 0 Å². The monoisotopic (exact) mass is 460 g/mol. The third-order valence-electron chi connectivity index (χ3n) is 5.67. The van der Waals surface area contributed by atoms with Crippen molar-refractivity contribution < 1.29 is 4.39 Å². The van der Waals surface area contributed by atoms with Gasteiger partial charge in [-0.05, 0) is 52.7 Å². The van der Waals surface area contributed by atoms with Crippen LogP contribution in [0.3, 0.4) is 0 Å². The van der Waals surface area contributed by atoms with E-state index in [2.05, 4.69) is 75.7 Å². The van der Waals surface area contributed by atoms with Crippen molar-refractivity contribution in [2.45, 2.75) is 19.5 Å². The molecule has 1 fully saturated rings. The van der Waals surface area contributed by atoms with E-state index >= 15 is 0 Å². The summed E-state index contributed by atoms with van der Waals surface area (Å²) in [5, 5.41) is 4.34. The maximum absolute atomic E-state index is 13.1. The van der Waals surface area contributed by atoms with Crippen molar-refractivity contribution in [1.29, 1.82) is 0 Å². The third-order valence-corrected chi connectivity index (χ3v) is 6.62. The van der Waals surface area contributed by atoms with E-state index in [1.165, 1.54) is 53.4 Å². The van der Waals surface area contributed by atoms with E-state index in [0.29, 0.717) is 18.8 Å². The van der Waals surface area contributed by atoms with Gasteiger partial charge in [0.1, 0.15) is 5.82 Å². The molecule has 0 saturated carbocycles. The van der Waals surface area contributed by atoms with Crippen LogP contribution in [0.15, 0.2) is 82.9 Å². The summed E-state index contributed by atoms with van der Waals surface area (Å²) in [6, 6.07) is 23.7. The van der Waals surface area contributed by atoms with Crippen molar-refractivity contribution >= 4 is 24.3 Å². The van der Waals surface area contributed by atoms with Crippen molar-refractivity contribution in [2.75, 3.05) is 24.6 Å². The number of hydrazone groups is 1.